The van der Waals surface area contributed by atoms with E-state index in [2.05, 4.69) is 17.2 Å². The van der Waals surface area contributed by atoms with Crippen LogP contribution in [0.15, 0.2) is 35.0 Å². The summed E-state index contributed by atoms with van der Waals surface area (Å²) in [6.07, 6.45) is 0. The van der Waals surface area contributed by atoms with Crippen molar-refractivity contribution in [3.63, 3.8) is 0 Å². The van der Waals surface area contributed by atoms with Gasteiger partial charge in [0.25, 0.3) is 5.91 Å². The highest BCUT2D eigenvalue weighted by atomic mass is 32.1. The monoisotopic (exact) mass is 299 g/mol. The molecule has 0 aliphatic rings. The molecule has 4 heteroatoms. The minimum absolute atomic E-state index is 0.0313. The Labute approximate surface area is 128 Å². The average molecular weight is 299 g/mol. The van der Waals surface area contributed by atoms with Crippen molar-refractivity contribution in [3.8, 4) is 11.8 Å². The van der Waals surface area contributed by atoms with Gasteiger partial charge in [-0.15, -0.1) is 0 Å². The number of amides is 1. The Balaban J connectivity index is 2.17. The number of nitrogens with one attached hydrogen (secondary N) is 1. The molecule has 0 aliphatic heterocycles. The van der Waals surface area contributed by atoms with Crippen LogP contribution in [0.2, 0.25) is 0 Å². The molecule has 2 N–H and O–H groups in total. The first-order valence-corrected chi connectivity index (χ1v) is 7.59. The Bertz CT molecular complexity index is 681. The van der Waals surface area contributed by atoms with E-state index >= 15 is 0 Å². The van der Waals surface area contributed by atoms with Crippen LogP contribution < -0.4 is 5.32 Å². The highest BCUT2D eigenvalue weighted by molar-refractivity contribution is 7.07. The summed E-state index contributed by atoms with van der Waals surface area (Å²) in [4.78, 5) is 12.3. The maximum Gasteiger partial charge on any atom is 0.251 e. The molecule has 0 saturated carbocycles. The lowest BCUT2D eigenvalue weighted by atomic mass is 10.1. The molecule has 0 radical (unpaired) electrons. The molecule has 108 valence electrons. The number of benzene rings is 1. The highest BCUT2D eigenvalue weighted by Crippen LogP contribution is 2.17. The van der Waals surface area contributed by atoms with E-state index in [1.165, 1.54) is 0 Å². The second kappa shape index (κ2) is 7.07. The molecule has 2 aromatic rings. The molecular weight excluding hydrogens is 282 g/mol. The molecule has 2 rings (SSSR count). The van der Waals surface area contributed by atoms with Crippen molar-refractivity contribution < 1.29 is 9.90 Å². The van der Waals surface area contributed by atoms with Crippen LogP contribution in [-0.4, -0.2) is 17.6 Å². The fourth-order valence-electron chi connectivity index (χ4n) is 2.01. The second-order valence-electron chi connectivity index (χ2n) is 4.80. The largest absolute Gasteiger partial charge is 0.384 e. The number of aliphatic hydroxyl groups excluding tert-OH is 1. The molecule has 0 aliphatic carbocycles. The van der Waals surface area contributed by atoms with Crippen molar-refractivity contribution in [1.82, 2.24) is 5.32 Å². The Hall–Kier alpha value is -2.09. The summed E-state index contributed by atoms with van der Waals surface area (Å²) in [5.41, 5.74) is 3.38. The van der Waals surface area contributed by atoms with Crippen LogP contribution in [0.4, 0.5) is 0 Å². The van der Waals surface area contributed by atoms with Crippen LogP contribution in [0.1, 0.15) is 40.0 Å². The summed E-state index contributed by atoms with van der Waals surface area (Å²) >= 11 is 1.61. The number of hydrogen-bond acceptors (Lipinski definition) is 3. The third kappa shape index (κ3) is 4.19. The lowest BCUT2D eigenvalue weighted by Crippen LogP contribution is -2.26. The molecule has 1 aromatic heterocycles. The molecule has 21 heavy (non-hydrogen) atoms. The minimum Gasteiger partial charge on any atom is -0.384 e. The van der Waals surface area contributed by atoms with Crippen LogP contribution in [0.5, 0.6) is 0 Å². The van der Waals surface area contributed by atoms with Gasteiger partial charge in [0.2, 0.25) is 0 Å². The zero-order chi connectivity index (χ0) is 15.2. The van der Waals surface area contributed by atoms with Gasteiger partial charge in [0.1, 0.15) is 6.61 Å². The first-order valence-electron chi connectivity index (χ1n) is 6.64. The highest BCUT2D eigenvalue weighted by Gasteiger charge is 2.12. The van der Waals surface area contributed by atoms with E-state index in [1.807, 2.05) is 42.8 Å². The van der Waals surface area contributed by atoms with Crippen LogP contribution in [0, 0.1) is 18.8 Å². The predicted molar refractivity (Wildman–Crippen MR) is 85.3 cm³/mol. The summed E-state index contributed by atoms with van der Waals surface area (Å²) in [7, 11) is 0. The van der Waals surface area contributed by atoms with Crippen molar-refractivity contribution in [3.05, 3.63) is 57.3 Å². The van der Waals surface area contributed by atoms with Crippen molar-refractivity contribution in [2.24, 2.45) is 0 Å². The smallest absolute Gasteiger partial charge is 0.251 e. The van der Waals surface area contributed by atoms with E-state index in [4.69, 9.17) is 5.11 Å². The molecule has 0 bridgehead atoms. The average Bonchev–Trinajstić information content (AvgIpc) is 2.98. The number of carbonyl (C=O) groups excluding carboxylic acids is 1. The van der Waals surface area contributed by atoms with E-state index < -0.39 is 0 Å². The van der Waals surface area contributed by atoms with Crippen molar-refractivity contribution in [1.29, 1.82) is 0 Å². The van der Waals surface area contributed by atoms with Gasteiger partial charge in [0, 0.05) is 11.1 Å². The fourth-order valence-corrected chi connectivity index (χ4v) is 2.77. The van der Waals surface area contributed by atoms with E-state index in [-0.39, 0.29) is 18.6 Å². The maximum atomic E-state index is 12.3. The topological polar surface area (TPSA) is 49.3 Å². The molecule has 0 fully saturated rings. The third-order valence-corrected chi connectivity index (χ3v) is 3.74. The summed E-state index contributed by atoms with van der Waals surface area (Å²) in [5.74, 6) is 5.31. The van der Waals surface area contributed by atoms with Gasteiger partial charge >= 0.3 is 0 Å². The predicted octanol–water partition coefficient (Wildman–Crippen LogP) is 2.89. The first-order chi connectivity index (χ1) is 10.1. The van der Waals surface area contributed by atoms with E-state index in [9.17, 15) is 4.79 Å². The summed E-state index contributed by atoms with van der Waals surface area (Å²) in [5, 5.41) is 15.7. The Morgan fingerprint density at radius 2 is 2.24 bits per heavy atom. The summed E-state index contributed by atoms with van der Waals surface area (Å²) < 4.78 is 0. The maximum absolute atomic E-state index is 12.3. The Morgan fingerprint density at radius 1 is 1.43 bits per heavy atom. The van der Waals surface area contributed by atoms with Crippen molar-refractivity contribution in [2.45, 2.75) is 19.9 Å². The van der Waals surface area contributed by atoms with E-state index in [1.54, 1.807) is 17.4 Å². The van der Waals surface area contributed by atoms with Crippen LogP contribution in [0.3, 0.4) is 0 Å². The standard InChI is InChI=1S/C17H17NO2S/c1-12-8-14(4-3-6-19)10-16(9-12)17(20)18-13(2)15-5-7-21-11-15/h5,7-11,13,19H,6H2,1-2H3,(H,18,20). The van der Waals surface area contributed by atoms with Gasteiger partial charge < -0.3 is 10.4 Å². The van der Waals surface area contributed by atoms with Crippen LogP contribution in [0.25, 0.3) is 0 Å². The second-order valence-corrected chi connectivity index (χ2v) is 5.58. The molecule has 3 nitrogen and oxygen atoms in total. The lowest BCUT2D eigenvalue weighted by Gasteiger charge is -2.13. The molecule has 0 spiro atoms. The quantitative estimate of drug-likeness (QED) is 0.856. The molecule has 0 saturated heterocycles. The number of thiophene rings is 1. The van der Waals surface area contributed by atoms with E-state index in [0.29, 0.717) is 5.56 Å². The number of carbonyl (C=O) groups is 1. The molecular formula is C17H17NO2S. The molecule has 1 unspecified atom stereocenters. The minimum atomic E-state index is -0.190. The molecule has 1 amide bonds. The Kier molecular flexibility index (Phi) is 5.15. The SMILES string of the molecule is Cc1cc(C#CCO)cc(C(=O)NC(C)c2ccsc2)c1. The fraction of sp³-hybridized carbons (Fsp3) is 0.235. The lowest BCUT2D eigenvalue weighted by molar-refractivity contribution is 0.0940. The van der Waals surface area contributed by atoms with Gasteiger partial charge in [-0.05, 0) is 60.0 Å². The first kappa shape index (κ1) is 15.3. The third-order valence-electron chi connectivity index (χ3n) is 3.04. The zero-order valence-corrected chi connectivity index (χ0v) is 12.8. The zero-order valence-electron chi connectivity index (χ0n) is 12.0. The summed E-state index contributed by atoms with van der Waals surface area (Å²) in [6.45, 7) is 3.69. The number of aryl methyl sites for hydroxylation is 1. The number of aliphatic hydroxyl groups is 1. The van der Waals surface area contributed by atoms with Gasteiger partial charge in [0.05, 0.1) is 6.04 Å². The molecule has 1 aromatic carbocycles. The van der Waals surface area contributed by atoms with Crippen LogP contribution in [-0.2, 0) is 0 Å². The number of rotatable bonds is 3. The van der Waals surface area contributed by atoms with Gasteiger partial charge in [-0.2, -0.15) is 11.3 Å². The molecule has 1 atom stereocenters. The van der Waals surface area contributed by atoms with Crippen LogP contribution >= 0.6 is 11.3 Å². The van der Waals surface area contributed by atoms with Gasteiger partial charge in [0.15, 0.2) is 0 Å². The summed E-state index contributed by atoms with van der Waals surface area (Å²) in [6, 6.07) is 7.44. The van der Waals surface area contributed by atoms with Gasteiger partial charge in [-0.1, -0.05) is 11.8 Å². The Morgan fingerprint density at radius 3 is 2.90 bits per heavy atom. The van der Waals surface area contributed by atoms with Crippen molar-refractivity contribution in [2.75, 3.05) is 6.61 Å². The van der Waals surface area contributed by atoms with Gasteiger partial charge in [-0.25, -0.2) is 0 Å². The normalized spacial score (nSPS) is 11.4. The number of hydrogen-bond donors (Lipinski definition) is 2. The van der Waals surface area contributed by atoms with Gasteiger partial charge in [-0.3, -0.25) is 4.79 Å². The van der Waals surface area contributed by atoms with Crippen molar-refractivity contribution >= 4 is 17.2 Å². The molecule has 1 heterocycles. The van der Waals surface area contributed by atoms with E-state index in [0.717, 1.165) is 16.7 Å².